The molecule has 0 aliphatic carbocycles. The SMILES string of the molecule is CNC(=O)C1CN(C(=O)COC(=O)c2cc(C)n(-c3ccc(OC)cc3)c2C)c2ccccc2O1. The van der Waals surface area contributed by atoms with Gasteiger partial charge in [0.05, 0.1) is 24.9 Å². The zero-order valence-corrected chi connectivity index (χ0v) is 20.0. The van der Waals surface area contributed by atoms with E-state index in [2.05, 4.69) is 5.32 Å². The molecule has 9 heteroatoms. The molecule has 182 valence electrons. The number of para-hydroxylation sites is 2. The largest absolute Gasteiger partial charge is 0.497 e. The summed E-state index contributed by atoms with van der Waals surface area (Å²) in [4.78, 5) is 39.5. The third kappa shape index (κ3) is 4.70. The Bertz CT molecular complexity index is 1260. The molecule has 3 aromatic rings. The first-order chi connectivity index (χ1) is 16.8. The predicted octanol–water partition coefficient (Wildman–Crippen LogP) is 2.80. The van der Waals surface area contributed by atoms with Crippen LogP contribution in [0.1, 0.15) is 21.7 Å². The molecule has 2 amide bonds. The lowest BCUT2D eigenvalue weighted by Gasteiger charge is -2.33. The summed E-state index contributed by atoms with van der Waals surface area (Å²) in [6, 6.07) is 16.1. The number of carbonyl (C=O) groups is 3. The monoisotopic (exact) mass is 477 g/mol. The zero-order valence-electron chi connectivity index (χ0n) is 20.0. The van der Waals surface area contributed by atoms with Crippen LogP contribution in [-0.4, -0.2) is 55.8 Å². The number of amides is 2. The maximum Gasteiger partial charge on any atom is 0.340 e. The number of hydrogen-bond acceptors (Lipinski definition) is 6. The normalized spacial score (nSPS) is 14.5. The highest BCUT2D eigenvalue weighted by molar-refractivity contribution is 6.00. The fourth-order valence-electron chi connectivity index (χ4n) is 4.15. The molecule has 2 aromatic carbocycles. The summed E-state index contributed by atoms with van der Waals surface area (Å²) < 4.78 is 18.3. The van der Waals surface area contributed by atoms with Crippen molar-refractivity contribution >= 4 is 23.5 Å². The van der Waals surface area contributed by atoms with E-state index in [1.54, 1.807) is 37.4 Å². The second-order valence-electron chi connectivity index (χ2n) is 8.09. The van der Waals surface area contributed by atoms with Gasteiger partial charge >= 0.3 is 5.97 Å². The number of ether oxygens (including phenoxy) is 3. The number of carbonyl (C=O) groups excluding carboxylic acids is 3. The highest BCUT2D eigenvalue weighted by Gasteiger charge is 2.33. The number of nitrogens with one attached hydrogen (secondary N) is 1. The lowest BCUT2D eigenvalue weighted by atomic mass is 10.1. The molecule has 0 fully saturated rings. The Morgan fingerprint density at radius 2 is 1.80 bits per heavy atom. The van der Waals surface area contributed by atoms with Crippen molar-refractivity contribution in [3.63, 3.8) is 0 Å². The molecule has 35 heavy (non-hydrogen) atoms. The topological polar surface area (TPSA) is 99.1 Å². The van der Waals surface area contributed by atoms with Crippen molar-refractivity contribution in [1.29, 1.82) is 0 Å². The quantitative estimate of drug-likeness (QED) is 0.548. The Hall–Kier alpha value is -4.27. The molecule has 0 spiro atoms. The van der Waals surface area contributed by atoms with Crippen LogP contribution in [0.3, 0.4) is 0 Å². The third-order valence-electron chi connectivity index (χ3n) is 5.92. The summed E-state index contributed by atoms with van der Waals surface area (Å²) in [5.41, 5.74) is 3.31. The molecule has 1 aromatic heterocycles. The molecule has 4 rings (SSSR count). The Morgan fingerprint density at radius 1 is 1.09 bits per heavy atom. The number of nitrogens with zero attached hydrogens (tertiary/aromatic N) is 2. The smallest absolute Gasteiger partial charge is 0.340 e. The molecule has 0 bridgehead atoms. The van der Waals surface area contributed by atoms with Crippen molar-refractivity contribution < 1.29 is 28.6 Å². The first-order valence-corrected chi connectivity index (χ1v) is 11.1. The number of hydrogen-bond donors (Lipinski definition) is 1. The molecule has 0 saturated carbocycles. The Balaban J connectivity index is 1.50. The van der Waals surface area contributed by atoms with Gasteiger partial charge in [-0.05, 0) is 56.3 Å². The van der Waals surface area contributed by atoms with Crippen LogP contribution in [0.2, 0.25) is 0 Å². The van der Waals surface area contributed by atoms with E-state index in [9.17, 15) is 14.4 Å². The van der Waals surface area contributed by atoms with Gasteiger partial charge in [-0.3, -0.25) is 9.59 Å². The van der Waals surface area contributed by atoms with Crippen molar-refractivity contribution in [3.8, 4) is 17.2 Å². The summed E-state index contributed by atoms with van der Waals surface area (Å²) in [7, 11) is 3.10. The maximum absolute atomic E-state index is 13.0. The summed E-state index contributed by atoms with van der Waals surface area (Å²) in [6.07, 6.45) is -0.863. The average Bonchev–Trinajstić information content (AvgIpc) is 3.19. The van der Waals surface area contributed by atoms with Gasteiger partial charge in [-0.1, -0.05) is 12.1 Å². The van der Waals surface area contributed by atoms with Crippen LogP contribution >= 0.6 is 0 Å². The number of anilines is 1. The van der Waals surface area contributed by atoms with E-state index in [0.717, 1.165) is 17.1 Å². The van der Waals surface area contributed by atoms with Crippen LogP contribution in [0.4, 0.5) is 5.69 Å². The highest BCUT2D eigenvalue weighted by atomic mass is 16.5. The molecule has 0 radical (unpaired) electrons. The minimum Gasteiger partial charge on any atom is -0.497 e. The van der Waals surface area contributed by atoms with Crippen LogP contribution in [0, 0.1) is 13.8 Å². The Labute approximate surface area is 203 Å². The maximum atomic E-state index is 13.0. The van der Waals surface area contributed by atoms with Crippen molar-refractivity contribution in [3.05, 3.63) is 71.5 Å². The summed E-state index contributed by atoms with van der Waals surface area (Å²) >= 11 is 0. The van der Waals surface area contributed by atoms with Crippen molar-refractivity contribution in [2.45, 2.75) is 20.0 Å². The number of fused-ring (bicyclic) bond motifs is 1. The van der Waals surface area contributed by atoms with Gasteiger partial charge in [0.15, 0.2) is 12.7 Å². The number of likely N-dealkylation sites (N-methyl/N-ethyl adjacent to an activating group) is 1. The molecule has 0 saturated heterocycles. The number of esters is 1. The fourth-order valence-corrected chi connectivity index (χ4v) is 4.15. The second kappa shape index (κ2) is 9.92. The lowest BCUT2D eigenvalue weighted by molar-refractivity contribution is -0.128. The molecule has 1 unspecified atom stereocenters. The molecule has 9 nitrogen and oxygen atoms in total. The summed E-state index contributed by atoms with van der Waals surface area (Å²) in [5.74, 6) is -0.254. The first kappa shape index (κ1) is 23.9. The average molecular weight is 478 g/mol. The zero-order chi connectivity index (χ0) is 25.1. The number of methoxy groups -OCH3 is 1. The van der Waals surface area contributed by atoms with Crippen LogP contribution < -0.4 is 19.7 Å². The van der Waals surface area contributed by atoms with E-state index >= 15 is 0 Å². The van der Waals surface area contributed by atoms with Crippen molar-refractivity contribution in [1.82, 2.24) is 9.88 Å². The molecule has 1 atom stereocenters. The molecule has 2 heterocycles. The van der Waals surface area contributed by atoms with E-state index in [4.69, 9.17) is 14.2 Å². The minimum absolute atomic E-state index is 0.0129. The fraction of sp³-hybridized carbons (Fsp3) is 0.269. The van der Waals surface area contributed by atoms with E-state index in [1.165, 1.54) is 11.9 Å². The van der Waals surface area contributed by atoms with Crippen LogP contribution in [0.25, 0.3) is 5.69 Å². The van der Waals surface area contributed by atoms with Crippen LogP contribution in [-0.2, 0) is 14.3 Å². The van der Waals surface area contributed by atoms with E-state index in [1.807, 2.05) is 42.7 Å². The van der Waals surface area contributed by atoms with Gasteiger partial charge in [-0.15, -0.1) is 0 Å². The number of aryl methyl sites for hydroxylation is 1. The van der Waals surface area contributed by atoms with Gasteiger partial charge in [0.25, 0.3) is 11.8 Å². The van der Waals surface area contributed by atoms with E-state index < -0.39 is 24.6 Å². The molecular formula is C26H27N3O6. The molecule has 1 aliphatic rings. The summed E-state index contributed by atoms with van der Waals surface area (Å²) in [5, 5.41) is 2.53. The minimum atomic E-state index is -0.863. The van der Waals surface area contributed by atoms with Crippen LogP contribution in [0.15, 0.2) is 54.6 Å². The van der Waals surface area contributed by atoms with Gasteiger partial charge in [0.2, 0.25) is 0 Å². The van der Waals surface area contributed by atoms with Gasteiger partial charge in [0.1, 0.15) is 11.5 Å². The predicted molar refractivity (Wildman–Crippen MR) is 129 cm³/mol. The second-order valence-corrected chi connectivity index (χ2v) is 8.09. The third-order valence-corrected chi connectivity index (χ3v) is 5.92. The number of rotatable bonds is 6. The number of aromatic nitrogens is 1. The van der Waals surface area contributed by atoms with E-state index in [0.29, 0.717) is 22.7 Å². The van der Waals surface area contributed by atoms with E-state index in [-0.39, 0.29) is 12.5 Å². The van der Waals surface area contributed by atoms with Crippen molar-refractivity contribution in [2.75, 3.05) is 32.2 Å². The van der Waals surface area contributed by atoms with Crippen LogP contribution in [0.5, 0.6) is 11.5 Å². The van der Waals surface area contributed by atoms with Gasteiger partial charge in [0, 0.05) is 24.1 Å². The lowest BCUT2D eigenvalue weighted by Crippen LogP contribution is -2.51. The van der Waals surface area contributed by atoms with Crippen molar-refractivity contribution in [2.24, 2.45) is 0 Å². The highest BCUT2D eigenvalue weighted by Crippen LogP contribution is 2.33. The molecular weight excluding hydrogens is 450 g/mol. The number of benzene rings is 2. The summed E-state index contributed by atoms with van der Waals surface area (Å²) in [6.45, 7) is 3.25. The first-order valence-electron chi connectivity index (χ1n) is 11.1. The van der Waals surface area contributed by atoms with Gasteiger partial charge in [-0.2, -0.15) is 0 Å². The Kier molecular flexibility index (Phi) is 6.77. The molecule has 1 aliphatic heterocycles. The Morgan fingerprint density at radius 3 is 2.49 bits per heavy atom. The van der Waals surface area contributed by atoms with Gasteiger partial charge < -0.3 is 29.0 Å². The standard InChI is InChI=1S/C26H27N3O6/c1-16-13-20(17(2)29(16)18-9-11-19(33-4)12-10-18)26(32)34-15-24(30)28-14-23(25(31)27-3)35-22-8-6-5-7-21(22)28/h5-13,23H,14-15H2,1-4H3,(H,27,31). The van der Waals surface area contributed by atoms with Gasteiger partial charge in [-0.25, -0.2) is 4.79 Å². The molecule has 1 N–H and O–H groups in total.